The molecule has 9 atom stereocenters. The molecule has 0 aliphatic heterocycles. The van der Waals surface area contributed by atoms with Gasteiger partial charge in [0, 0.05) is 0 Å². The number of terminal acetylenes is 1. The van der Waals surface area contributed by atoms with E-state index in [1.807, 2.05) is 6.92 Å². The van der Waals surface area contributed by atoms with Gasteiger partial charge in [0.25, 0.3) is 0 Å². The zero-order valence-electron chi connectivity index (χ0n) is 20.0. The minimum atomic E-state index is -0.966. The Balaban J connectivity index is 1.51. The van der Waals surface area contributed by atoms with Crippen molar-refractivity contribution in [1.29, 1.82) is 0 Å². The number of hydrogen-bond donors (Lipinski definition) is 2. The topological polar surface area (TPSA) is 40.5 Å². The average molecular weight is 413 g/mol. The van der Waals surface area contributed by atoms with Crippen LogP contribution in [0.5, 0.6) is 0 Å². The highest BCUT2D eigenvalue weighted by Crippen LogP contribution is 2.67. The Hall–Kier alpha value is -0.780. The molecule has 0 bridgehead atoms. The summed E-state index contributed by atoms with van der Waals surface area (Å²) < 4.78 is 0. The Bertz CT molecular complexity index is 740. The molecule has 0 aromatic rings. The molecule has 4 rings (SSSR count). The van der Waals surface area contributed by atoms with Crippen molar-refractivity contribution in [3.05, 3.63) is 11.6 Å². The SMILES string of the molecule is C#C[C@@](C)(O)CC[C@@H](C)C1CC[C@H]2[C@@H]3CC=C4C[C@@](C)(O)CC[C@]4(C)[C@H]3CC[C@]12C. The molecule has 0 amide bonds. The zero-order chi connectivity index (χ0) is 21.9. The van der Waals surface area contributed by atoms with E-state index in [1.54, 1.807) is 12.5 Å². The molecular weight excluding hydrogens is 368 g/mol. The molecule has 168 valence electrons. The van der Waals surface area contributed by atoms with Crippen LogP contribution in [0.4, 0.5) is 0 Å². The zero-order valence-corrected chi connectivity index (χ0v) is 20.0. The fourth-order valence-corrected chi connectivity index (χ4v) is 8.56. The molecule has 1 unspecified atom stereocenters. The minimum Gasteiger partial charge on any atom is -0.390 e. The van der Waals surface area contributed by atoms with Crippen molar-refractivity contribution in [2.75, 3.05) is 0 Å². The molecule has 0 heterocycles. The number of hydrogen-bond acceptors (Lipinski definition) is 2. The second-order valence-electron chi connectivity index (χ2n) is 12.6. The van der Waals surface area contributed by atoms with Crippen LogP contribution in [0.2, 0.25) is 0 Å². The summed E-state index contributed by atoms with van der Waals surface area (Å²) in [4.78, 5) is 0. The molecule has 2 heteroatoms. The van der Waals surface area contributed by atoms with E-state index in [-0.39, 0.29) is 0 Å². The molecule has 3 fully saturated rings. The van der Waals surface area contributed by atoms with E-state index in [0.717, 1.165) is 49.4 Å². The molecule has 2 N–H and O–H groups in total. The molecule has 0 aromatic heterocycles. The van der Waals surface area contributed by atoms with Crippen molar-refractivity contribution >= 4 is 0 Å². The summed E-state index contributed by atoms with van der Waals surface area (Å²) in [6.07, 6.45) is 19.4. The molecule has 0 aromatic carbocycles. The van der Waals surface area contributed by atoms with Crippen molar-refractivity contribution < 1.29 is 10.2 Å². The maximum absolute atomic E-state index is 10.7. The Morgan fingerprint density at radius 2 is 1.90 bits per heavy atom. The summed E-state index contributed by atoms with van der Waals surface area (Å²) in [5.41, 5.74) is 0.829. The van der Waals surface area contributed by atoms with Gasteiger partial charge in [0.2, 0.25) is 0 Å². The summed E-state index contributed by atoms with van der Waals surface area (Å²) in [7, 11) is 0. The largest absolute Gasteiger partial charge is 0.390 e. The van der Waals surface area contributed by atoms with Gasteiger partial charge in [-0.25, -0.2) is 0 Å². The Morgan fingerprint density at radius 3 is 2.60 bits per heavy atom. The van der Waals surface area contributed by atoms with Gasteiger partial charge in [0.05, 0.1) is 5.60 Å². The van der Waals surface area contributed by atoms with E-state index >= 15 is 0 Å². The molecule has 0 radical (unpaired) electrons. The predicted octanol–water partition coefficient (Wildman–Crippen LogP) is 6.12. The normalized spacial score (nSPS) is 48.4. The number of allylic oxidation sites excluding steroid dienone is 1. The average Bonchev–Trinajstić information content (AvgIpc) is 3.04. The molecule has 4 aliphatic carbocycles. The molecule has 0 saturated heterocycles. The second kappa shape index (κ2) is 7.38. The lowest BCUT2D eigenvalue weighted by Gasteiger charge is -2.59. The Labute approximate surface area is 184 Å². The van der Waals surface area contributed by atoms with Gasteiger partial charge in [-0.3, -0.25) is 0 Å². The second-order valence-corrected chi connectivity index (χ2v) is 12.6. The van der Waals surface area contributed by atoms with Gasteiger partial charge in [-0.2, -0.15) is 0 Å². The minimum absolute atomic E-state index is 0.307. The van der Waals surface area contributed by atoms with Gasteiger partial charge >= 0.3 is 0 Å². The third-order valence-corrected chi connectivity index (χ3v) is 10.5. The van der Waals surface area contributed by atoms with Gasteiger partial charge in [-0.05, 0) is 118 Å². The first kappa shape index (κ1) is 22.4. The number of aliphatic hydroxyl groups is 2. The quantitative estimate of drug-likeness (QED) is 0.431. The lowest BCUT2D eigenvalue weighted by Crippen LogP contribution is -2.52. The van der Waals surface area contributed by atoms with E-state index in [1.165, 1.54) is 32.1 Å². The van der Waals surface area contributed by atoms with Crippen LogP contribution in [0.25, 0.3) is 0 Å². The van der Waals surface area contributed by atoms with Crippen LogP contribution in [0.1, 0.15) is 98.8 Å². The molecule has 0 spiro atoms. The van der Waals surface area contributed by atoms with Gasteiger partial charge < -0.3 is 10.2 Å². The van der Waals surface area contributed by atoms with Crippen LogP contribution in [0, 0.1) is 52.8 Å². The van der Waals surface area contributed by atoms with Crippen molar-refractivity contribution in [3.63, 3.8) is 0 Å². The highest BCUT2D eigenvalue weighted by molar-refractivity contribution is 5.26. The molecule has 4 aliphatic rings. The maximum Gasteiger partial charge on any atom is 0.122 e. The molecule has 2 nitrogen and oxygen atoms in total. The monoisotopic (exact) mass is 412 g/mol. The van der Waals surface area contributed by atoms with Crippen LogP contribution in [0.3, 0.4) is 0 Å². The standard InChI is InChI=1S/C28H44O2/c1-7-25(3,29)14-12-19(2)22-10-11-23-21-9-8-20-18-26(4,30)16-17-27(20,5)24(21)13-15-28(22,23)6/h1,8,19,21-24,29-30H,9-18H2,2-6H3/t19-,21+,22?,23+,24+,25-,26+,27+,28-/m1/s1. The Morgan fingerprint density at radius 1 is 1.17 bits per heavy atom. The van der Waals surface area contributed by atoms with E-state index < -0.39 is 11.2 Å². The highest BCUT2D eigenvalue weighted by atomic mass is 16.3. The van der Waals surface area contributed by atoms with E-state index in [4.69, 9.17) is 6.42 Å². The lowest BCUT2D eigenvalue weighted by molar-refractivity contribution is -0.0710. The van der Waals surface area contributed by atoms with E-state index in [9.17, 15) is 10.2 Å². The van der Waals surface area contributed by atoms with Gasteiger partial charge in [-0.1, -0.05) is 38.3 Å². The molecular formula is C28H44O2. The van der Waals surface area contributed by atoms with Crippen LogP contribution in [-0.4, -0.2) is 21.4 Å². The van der Waals surface area contributed by atoms with Crippen LogP contribution in [-0.2, 0) is 0 Å². The Kier molecular flexibility index (Phi) is 5.52. The van der Waals surface area contributed by atoms with Crippen molar-refractivity contribution in [3.8, 4) is 12.3 Å². The first-order valence-corrected chi connectivity index (χ1v) is 12.5. The van der Waals surface area contributed by atoms with Crippen molar-refractivity contribution in [2.45, 2.75) is 110 Å². The fourth-order valence-electron chi connectivity index (χ4n) is 8.56. The maximum atomic E-state index is 10.7. The first-order chi connectivity index (χ1) is 13.9. The highest BCUT2D eigenvalue weighted by Gasteiger charge is 2.59. The lowest BCUT2D eigenvalue weighted by atomic mass is 9.46. The van der Waals surface area contributed by atoms with Gasteiger partial charge in [-0.15, -0.1) is 6.42 Å². The predicted molar refractivity (Wildman–Crippen MR) is 124 cm³/mol. The summed E-state index contributed by atoms with van der Waals surface area (Å²) >= 11 is 0. The summed E-state index contributed by atoms with van der Waals surface area (Å²) in [6, 6.07) is 0. The summed E-state index contributed by atoms with van der Waals surface area (Å²) in [6.45, 7) is 11.3. The number of fused-ring (bicyclic) bond motifs is 5. The van der Waals surface area contributed by atoms with Gasteiger partial charge in [0.1, 0.15) is 5.60 Å². The van der Waals surface area contributed by atoms with Crippen LogP contribution in [0.15, 0.2) is 11.6 Å². The summed E-state index contributed by atoms with van der Waals surface area (Å²) in [5.74, 6) is 6.36. The van der Waals surface area contributed by atoms with Gasteiger partial charge in [0.15, 0.2) is 0 Å². The smallest absolute Gasteiger partial charge is 0.122 e. The van der Waals surface area contributed by atoms with Crippen LogP contribution >= 0.6 is 0 Å². The third-order valence-electron chi connectivity index (χ3n) is 10.5. The van der Waals surface area contributed by atoms with Crippen molar-refractivity contribution in [1.82, 2.24) is 0 Å². The first-order valence-electron chi connectivity index (χ1n) is 12.5. The van der Waals surface area contributed by atoms with Crippen molar-refractivity contribution in [2.24, 2.45) is 40.4 Å². The third kappa shape index (κ3) is 3.59. The molecule has 30 heavy (non-hydrogen) atoms. The summed E-state index contributed by atoms with van der Waals surface area (Å²) in [5, 5.41) is 20.9. The van der Waals surface area contributed by atoms with E-state index in [2.05, 4.69) is 32.8 Å². The van der Waals surface area contributed by atoms with E-state index in [0.29, 0.717) is 23.2 Å². The fraction of sp³-hybridized carbons (Fsp3) is 0.857. The number of rotatable bonds is 4. The molecule has 3 saturated carbocycles. The van der Waals surface area contributed by atoms with Crippen LogP contribution < -0.4 is 0 Å².